The largest absolute Gasteiger partial charge is 0.378 e. The van der Waals surface area contributed by atoms with Gasteiger partial charge in [-0.3, -0.25) is 4.90 Å². The summed E-state index contributed by atoms with van der Waals surface area (Å²) in [5, 5.41) is 22.9. The van der Waals surface area contributed by atoms with Crippen molar-refractivity contribution >= 4 is 10.9 Å². The van der Waals surface area contributed by atoms with Gasteiger partial charge in [-0.1, -0.05) is 18.2 Å². The number of para-hydroxylation sites is 1. The molecule has 0 radical (unpaired) electrons. The molecule has 4 fully saturated rings. The summed E-state index contributed by atoms with van der Waals surface area (Å²) in [4.78, 5) is 5.89. The van der Waals surface area contributed by atoms with Gasteiger partial charge >= 0.3 is 0 Å². The third kappa shape index (κ3) is 1.46. The van der Waals surface area contributed by atoms with E-state index in [4.69, 9.17) is 4.74 Å². The molecule has 7 rings (SSSR count). The van der Waals surface area contributed by atoms with Gasteiger partial charge in [-0.15, -0.1) is 0 Å². The van der Waals surface area contributed by atoms with Crippen LogP contribution in [-0.4, -0.2) is 44.8 Å². The molecule has 1 aromatic heterocycles. The molecule has 1 aromatic carbocycles. The number of aliphatic hydroxyl groups excluding tert-OH is 2. The Hall–Kier alpha value is -1.40. The molecule has 126 valence electrons. The molecule has 9 atom stereocenters. The summed E-state index contributed by atoms with van der Waals surface area (Å²) in [6.07, 6.45) is 0.580. The Kier molecular flexibility index (Phi) is 2.54. The smallest absolute Gasteiger partial charge is 0.159 e. The van der Waals surface area contributed by atoms with E-state index < -0.39 is 12.5 Å². The molecule has 0 amide bonds. The molecule has 4 saturated heterocycles. The number of hydrogen-bond donors (Lipinski definition) is 3. The topological polar surface area (TPSA) is 68.7 Å². The molecular weight excluding hydrogens is 304 g/mol. The van der Waals surface area contributed by atoms with Gasteiger partial charge in [0.2, 0.25) is 0 Å². The maximum Gasteiger partial charge on any atom is 0.159 e. The van der Waals surface area contributed by atoms with Crippen molar-refractivity contribution in [2.75, 3.05) is 0 Å². The highest BCUT2D eigenvalue weighted by Crippen LogP contribution is 2.59. The lowest BCUT2D eigenvalue weighted by Gasteiger charge is -2.66. The second-order valence-electron chi connectivity index (χ2n) is 8.00. The summed E-state index contributed by atoms with van der Waals surface area (Å²) >= 11 is 0. The molecule has 5 aliphatic rings. The van der Waals surface area contributed by atoms with Crippen LogP contribution in [0.15, 0.2) is 24.3 Å². The number of aromatic nitrogens is 1. The predicted octanol–water partition coefficient (Wildman–Crippen LogP) is 1.76. The van der Waals surface area contributed by atoms with Gasteiger partial charge in [0, 0.05) is 34.5 Å². The van der Waals surface area contributed by atoms with Crippen LogP contribution < -0.4 is 0 Å². The molecule has 0 spiro atoms. The molecule has 3 unspecified atom stereocenters. The number of hydrogen-bond acceptors (Lipinski definition) is 4. The zero-order valence-electron chi connectivity index (χ0n) is 13.6. The first-order chi connectivity index (χ1) is 11.6. The van der Waals surface area contributed by atoms with Gasteiger partial charge < -0.3 is 19.9 Å². The molecule has 0 aliphatic carbocycles. The summed E-state index contributed by atoms with van der Waals surface area (Å²) in [7, 11) is 0. The van der Waals surface area contributed by atoms with Gasteiger partial charge in [0.15, 0.2) is 6.29 Å². The van der Waals surface area contributed by atoms with E-state index in [9.17, 15) is 10.2 Å². The lowest BCUT2D eigenvalue weighted by atomic mass is 9.58. The Morgan fingerprint density at radius 1 is 1.21 bits per heavy atom. The molecule has 5 nitrogen and oxygen atoms in total. The minimum atomic E-state index is -0.714. The molecule has 5 heteroatoms. The Morgan fingerprint density at radius 2 is 2.04 bits per heavy atom. The number of nitrogens with one attached hydrogen (secondary N) is 1. The van der Waals surface area contributed by atoms with Gasteiger partial charge in [-0.05, 0) is 37.3 Å². The summed E-state index contributed by atoms with van der Waals surface area (Å²) in [5.74, 6) is 0.544. The monoisotopic (exact) mass is 326 g/mol. The summed E-state index contributed by atoms with van der Waals surface area (Å²) in [5.41, 5.74) is 3.82. The molecule has 2 aromatic rings. The van der Waals surface area contributed by atoms with E-state index in [1.54, 1.807) is 0 Å². The van der Waals surface area contributed by atoms with Crippen molar-refractivity contribution in [2.45, 2.75) is 50.5 Å². The Labute approximate surface area is 140 Å². The van der Waals surface area contributed by atoms with E-state index in [1.165, 1.54) is 22.2 Å². The zero-order chi connectivity index (χ0) is 16.2. The summed E-state index contributed by atoms with van der Waals surface area (Å²) in [6, 6.07) is 8.84. The SMILES string of the molecule is C[C@H]1O[C@@H](O)C2[C@H]3C[C@H]4c5[nH]c6ccccc6c5C[C@@H]2N4[C@H](O)C31. The average Bonchev–Trinajstić information content (AvgIpc) is 2.93. The number of piperidine rings is 3. The highest BCUT2D eigenvalue weighted by molar-refractivity contribution is 5.85. The van der Waals surface area contributed by atoms with Crippen LogP contribution in [0.3, 0.4) is 0 Å². The Balaban J connectivity index is 1.55. The van der Waals surface area contributed by atoms with E-state index in [0.29, 0.717) is 5.92 Å². The summed E-state index contributed by atoms with van der Waals surface area (Å²) in [6.45, 7) is 1.99. The highest BCUT2D eigenvalue weighted by Gasteiger charge is 2.64. The fourth-order valence-electron chi connectivity index (χ4n) is 6.30. The number of aliphatic hydroxyl groups is 2. The predicted molar refractivity (Wildman–Crippen MR) is 88.0 cm³/mol. The number of aromatic amines is 1. The van der Waals surface area contributed by atoms with Gasteiger partial charge in [0.1, 0.15) is 6.23 Å². The Morgan fingerprint density at radius 3 is 2.92 bits per heavy atom. The molecular formula is C19H22N2O3. The van der Waals surface area contributed by atoms with E-state index in [1.807, 2.05) is 6.92 Å². The van der Waals surface area contributed by atoms with Crippen molar-refractivity contribution in [3.8, 4) is 0 Å². The molecule has 6 bridgehead atoms. The number of nitrogens with zero attached hydrogens (tertiary/aromatic N) is 1. The first-order valence-corrected chi connectivity index (χ1v) is 9.03. The van der Waals surface area contributed by atoms with Gasteiger partial charge in [0.25, 0.3) is 0 Å². The van der Waals surface area contributed by atoms with Crippen LogP contribution in [0.4, 0.5) is 0 Å². The van der Waals surface area contributed by atoms with Crippen LogP contribution in [0.1, 0.15) is 30.6 Å². The fraction of sp³-hybridized carbons (Fsp3) is 0.579. The van der Waals surface area contributed by atoms with Crippen molar-refractivity contribution in [1.82, 2.24) is 9.88 Å². The highest BCUT2D eigenvalue weighted by atomic mass is 16.6. The van der Waals surface area contributed by atoms with E-state index in [-0.39, 0.29) is 30.0 Å². The van der Waals surface area contributed by atoms with Crippen molar-refractivity contribution in [1.29, 1.82) is 0 Å². The fourth-order valence-corrected chi connectivity index (χ4v) is 6.30. The second-order valence-corrected chi connectivity index (χ2v) is 8.00. The van der Waals surface area contributed by atoms with Crippen molar-refractivity contribution in [3.05, 3.63) is 35.5 Å². The van der Waals surface area contributed by atoms with Gasteiger partial charge in [-0.25, -0.2) is 0 Å². The summed E-state index contributed by atoms with van der Waals surface area (Å²) < 4.78 is 5.79. The lowest BCUT2D eigenvalue weighted by Crippen LogP contribution is -2.73. The molecule has 6 heterocycles. The first-order valence-electron chi connectivity index (χ1n) is 9.03. The van der Waals surface area contributed by atoms with Crippen molar-refractivity contribution < 1.29 is 14.9 Å². The lowest BCUT2D eigenvalue weighted by molar-refractivity contribution is -0.333. The number of ether oxygens (including phenoxy) is 1. The van der Waals surface area contributed by atoms with E-state index >= 15 is 0 Å². The third-order valence-corrected chi connectivity index (χ3v) is 7.14. The number of rotatable bonds is 0. The molecule has 24 heavy (non-hydrogen) atoms. The van der Waals surface area contributed by atoms with Crippen LogP contribution in [0.5, 0.6) is 0 Å². The quantitative estimate of drug-likeness (QED) is 0.690. The van der Waals surface area contributed by atoms with Gasteiger partial charge in [0.05, 0.1) is 12.1 Å². The van der Waals surface area contributed by atoms with Crippen LogP contribution in [-0.2, 0) is 11.2 Å². The third-order valence-electron chi connectivity index (χ3n) is 7.14. The minimum Gasteiger partial charge on any atom is -0.378 e. The number of benzene rings is 1. The van der Waals surface area contributed by atoms with E-state index in [2.05, 4.69) is 34.1 Å². The number of fused-ring (bicyclic) bond motifs is 3. The van der Waals surface area contributed by atoms with E-state index in [0.717, 1.165) is 12.8 Å². The average molecular weight is 326 g/mol. The van der Waals surface area contributed by atoms with Crippen LogP contribution >= 0.6 is 0 Å². The van der Waals surface area contributed by atoms with Crippen molar-refractivity contribution in [2.24, 2.45) is 17.8 Å². The molecule has 5 aliphatic heterocycles. The van der Waals surface area contributed by atoms with Crippen LogP contribution in [0.2, 0.25) is 0 Å². The zero-order valence-corrected chi connectivity index (χ0v) is 13.6. The maximum atomic E-state index is 11.0. The first kappa shape index (κ1) is 13.8. The maximum absolute atomic E-state index is 11.0. The molecule has 3 N–H and O–H groups in total. The standard InChI is InChI=1S/C19H22N2O3/c1-8-15-11-7-14-17-10(9-4-2-3-5-12(9)20-17)6-13(21(14)18(15)22)16(11)19(23)24-8/h2-5,8,11,13-16,18-20,22-23H,6-7H2,1H3/t8-,11+,13+,14+,15?,16?,18-,19-/m1/s1. The normalized spacial score (nSPS) is 48.5. The number of H-pyrrole nitrogens is 1. The van der Waals surface area contributed by atoms with Crippen LogP contribution in [0.25, 0.3) is 10.9 Å². The second kappa shape index (κ2) is 4.41. The van der Waals surface area contributed by atoms with Gasteiger partial charge in [-0.2, -0.15) is 0 Å². The minimum absolute atomic E-state index is 0.0951. The molecule has 0 saturated carbocycles. The van der Waals surface area contributed by atoms with Crippen LogP contribution in [0, 0.1) is 17.8 Å². The Bertz CT molecular complexity index is 833. The van der Waals surface area contributed by atoms with Crippen molar-refractivity contribution in [3.63, 3.8) is 0 Å².